The standard InChI is InChI=1S/C5H12O11P2/c6-1-3(7)5(9)4(8)2-15-18(13,14)16-17(10,11)12/h4-6,8-9H,1-2H2,(H,13,14)(H2,10,11,12)/t4-,5-/m1/s1. The first-order valence-electron chi connectivity index (χ1n) is 4.22. The minimum atomic E-state index is -5.28. The van der Waals surface area contributed by atoms with Crippen molar-refractivity contribution in [3.05, 3.63) is 0 Å². The van der Waals surface area contributed by atoms with Gasteiger partial charge in [0, 0.05) is 0 Å². The van der Waals surface area contributed by atoms with E-state index in [-0.39, 0.29) is 0 Å². The smallest absolute Gasteiger partial charge is 0.388 e. The van der Waals surface area contributed by atoms with Gasteiger partial charge in [0.1, 0.15) is 18.8 Å². The molecule has 0 radical (unpaired) electrons. The van der Waals surface area contributed by atoms with Crippen LogP contribution < -0.4 is 0 Å². The third kappa shape index (κ3) is 7.29. The molecule has 0 aromatic rings. The molecule has 6 N–H and O–H groups in total. The van der Waals surface area contributed by atoms with Crippen molar-refractivity contribution in [2.45, 2.75) is 12.2 Å². The Morgan fingerprint density at radius 1 is 1.17 bits per heavy atom. The highest BCUT2D eigenvalue weighted by Gasteiger charge is 2.34. The minimum absolute atomic E-state index is 1.08. The maximum absolute atomic E-state index is 10.9. The highest BCUT2D eigenvalue weighted by Crippen LogP contribution is 2.57. The number of carbonyl (C=O) groups excluding carboxylic acids is 1. The molecule has 0 fully saturated rings. The monoisotopic (exact) mass is 310 g/mol. The van der Waals surface area contributed by atoms with Crippen LogP contribution in [0, 0.1) is 0 Å². The highest BCUT2D eigenvalue weighted by atomic mass is 31.3. The number of hydrogen-bond donors (Lipinski definition) is 6. The number of rotatable bonds is 8. The zero-order valence-corrected chi connectivity index (χ0v) is 10.5. The van der Waals surface area contributed by atoms with Crippen LogP contribution in [0.1, 0.15) is 0 Å². The summed E-state index contributed by atoms with van der Waals surface area (Å²) in [6.07, 6.45) is -4.06. The van der Waals surface area contributed by atoms with Gasteiger partial charge < -0.3 is 30.0 Å². The predicted molar refractivity (Wildman–Crippen MR) is 53.0 cm³/mol. The first kappa shape index (κ1) is 17.8. The van der Waals surface area contributed by atoms with E-state index in [1.165, 1.54) is 0 Å². The number of phosphoric ester groups is 1. The summed E-state index contributed by atoms with van der Waals surface area (Å²) in [7, 11) is -10.4. The average molecular weight is 310 g/mol. The van der Waals surface area contributed by atoms with Gasteiger partial charge in [0.05, 0.1) is 6.61 Å². The average Bonchev–Trinajstić information content (AvgIpc) is 2.20. The molecular weight excluding hydrogens is 298 g/mol. The topological polar surface area (TPSA) is 191 Å². The maximum Gasteiger partial charge on any atom is 0.481 e. The first-order chi connectivity index (χ1) is 7.98. The number of phosphoric acid groups is 2. The van der Waals surface area contributed by atoms with Gasteiger partial charge in [-0.3, -0.25) is 9.32 Å². The van der Waals surface area contributed by atoms with Crippen LogP contribution in [0.25, 0.3) is 0 Å². The molecule has 0 amide bonds. The molecular formula is C5H12O11P2. The van der Waals surface area contributed by atoms with E-state index in [0.717, 1.165) is 0 Å². The fourth-order valence-electron chi connectivity index (χ4n) is 0.728. The molecule has 0 saturated carbocycles. The summed E-state index contributed by atoms with van der Waals surface area (Å²) in [5, 5.41) is 26.4. The number of Topliss-reactive ketones (excluding diaryl/α,β-unsaturated/α-hetero) is 1. The molecule has 108 valence electrons. The van der Waals surface area contributed by atoms with Crippen molar-refractivity contribution in [2.75, 3.05) is 13.2 Å². The van der Waals surface area contributed by atoms with Gasteiger partial charge in [0.25, 0.3) is 0 Å². The van der Waals surface area contributed by atoms with Gasteiger partial charge in [0.2, 0.25) is 0 Å². The zero-order valence-electron chi connectivity index (χ0n) is 8.69. The predicted octanol–water partition coefficient (Wildman–Crippen LogP) is -2.50. The highest BCUT2D eigenvalue weighted by molar-refractivity contribution is 7.60. The molecule has 3 atom stereocenters. The summed E-state index contributed by atoms with van der Waals surface area (Å²) in [4.78, 5) is 35.9. The molecule has 0 aliphatic carbocycles. The van der Waals surface area contributed by atoms with Crippen molar-refractivity contribution in [1.82, 2.24) is 0 Å². The second-order valence-electron chi connectivity index (χ2n) is 2.97. The molecule has 0 aromatic carbocycles. The van der Waals surface area contributed by atoms with Crippen LogP contribution in [0.15, 0.2) is 0 Å². The second kappa shape index (κ2) is 6.83. The van der Waals surface area contributed by atoms with Crippen LogP contribution in [0.2, 0.25) is 0 Å². The van der Waals surface area contributed by atoms with Gasteiger partial charge in [-0.2, -0.15) is 4.31 Å². The number of aliphatic hydroxyl groups is 3. The van der Waals surface area contributed by atoms with Gasteiger partial charge in [-0.15, -0.1) is 0 Å². The van der Waals surface area contributed by atoms with Gasteiger partial charge in [0.15, 0.2) is 5.78 Å². The molecule has 11 nitrogen and oxygen atoms in total. The Kier molecular flexibility index (Phi) is 6.75. The Labute approximate surface area is 100 Å². The lowest BCUT2D eigenvalue weighted by molar-refractivity contribution is -0.137. The maximum atomic E-state index is 10.9. The molecule has 0 spiro atoms. The van der Waals surface area contributed by atoms with Crippen molar-refractivity contribution in [3.63, 3.8) is 0 Å². The summed E-state index contributed by atoms with van der Waals surface area (Å²) < 4.78 is 28.4. The van der Waals surface area contributed by atoms with Crippen LogP contribution in [-0.2, 0) is 22.8 Å². The van der Waals surface area contributed by atoms with Gasteiger partial charge in [-0.1, -0.05) is 0 Å². The molecule has 0 saturated heterocycles. The molecule has 0 aromatic heterocycles. The second-order valence-corrected chi connectivity index (χ2v) is 5.80. The fraction of sp³-hybridized carbons (Fsp3) is 0.800. The van der Waals surface area contributed by atoms with E-state index in [0.29, 0.717) is 0 Å². The van der Waals surface area contributed by atoms with Crippen LogP contribution in [0.5, 0.6) is 0 Å². The normalized spacial score (nSPS) is 19.0. The van der Waals surface area contributed by atoms with Crippen LogP contribution in [0.3, 0.4) is 0 Å². The number of ketones is 1. The molecule has 0 aliphatic heterocycles. The van der Waals surface area contributed by atoms with Crippen molar-refractivity contribution in [1.29, 1.82) is 0 Å². The summed E-state index contributed by atoms with van der Waals surface area (Å²) in [5.74, 6) is -1.17. The Morgan fingerprint density at radius 3 is 2.06 bits per heavy atom. The Balaban J connectivity index is 4.36. The Bertz CT molecular complexity index is 374. The zero-order chi connectivity index (χ0) is 14.6. The third-order valence-corrected chi connectivity index (χ3v) is 3.62. The molecule has 1 unspecified atom stereocenters. The summed E-state index contributed by atoms with van der Waals surface area (Å²) >= 11 is 0. The van der Waals surface area contributed by atoms with Crippen molar-refractivity contribution >= 4 is 21.4 Å². The van der Waals surface area contributed by atoms with E-state index in [1.807, 2.05) is 0 Å². The van der Waals surface area contributed by atoms with E-state index in [2.05, 4.69) is 8.83 Å². The van der Waals surface area contributed by atoms with E-state index in [9.17, 15) is 13.9 Å². The molecule has 0 aliphatic rings. The fourth-order valence-corrected chi connectivity index (χ4v) is 2.33. The summed E-state index contributed by atoms with van der Waals surface area (Å²) in [6, 6.07) is 0. The number of aliphatic hydroxyl groups excluding tert-OH is 3. The molecule has 0 heterocycles. The third-order valence-electron chi connectivity index (χ3n) is 1.47. The minimum Gasteiger partial charge on any atom is -0.388 e. The van der Waals surface area contributed by atoms with Crippen molar-refractivity contribution in [2.24, 2.45) is 0 Å². The SMILES string of the molecule is O=C(CO)[C@@H](O)[C@H](O)COP(=O)(O)OP(=O)(O)O. The number of hydrogen-bond acceptors (Lipinski definition) is 8. The quantitative estimate of drug-likeness (QED) is 0.259. The lowest BCUT2D eigenvalue weighted by atomic mass is 10.1. The van der Waals surface area contributed by atoms with Crippen molar-refractivity contribution < 1.29 is 52.8 Å². The Morgan fingerprint density at radius 2 is 1.67 bits per heavy atom. The Hall–Kier alpha value is -0.190. The first-order valence-corrected chi connectivity index (χ1v) is 7.25. The van der Waals surface area contributed by atoms with E-state index < -0.39 is 46.9 Å². The lowest BCUT2D eigenvalue weighted by Crippen LogP contribution is -2.38. The molecule has 0 rings (SSSR count). The van der Waals surface area contributed by atoms with Crippen LogP contribution >= 0.6 is 15.6 Å². The summed E-state index contributed by atoms with van der Waals surface area (Å²) in [6.45, 7) is -2.20. The summed E-state index contributed by atoms with van der Waals surface area (Å²) in [5.41, 5.74) is 0. The van der Waals surface area contributed by atoms with Crippen LogP contribution in [0.4, 0.5) is 0 Å². The van der Waals surface area contributed by atoms with Crippen molar-refractivity contribution in [3.8, 4) is 0 Å². The van der Waals surface area contributed by atoms with Gasteiger partial charge in [-0.25, -0.2) is 9.13 Å². The van der Waals surface area contributed by atoms with Gasteiger partial charge in [-0.05, 0) is 0 Å². The van der Waals surface area contributed by atoms with E-state index in [1.54, 1.807) is 0 Å². The number of carbonyl (C=O) groups is 1. The van der Waals surface area contributed by atoms with E-state index in [4.69, 9.17) is 30.0 Å². The molecule has 18 heavy (non-hydrogen) atoms. The largest absolute Gasteiger partial charge is 0.481 e. The van der Waals surface area contributed by atoms with Crippen LogP contribution in [-0.4, -0.2) is 61.2 Å². The van der Waals surface area contributed by atoms with Gasteiger partial charge >= 0.3 is 15.6 Å². The lowest BCUT2D eigenvalue weighted by Gasteiger charge is -2.18. The molecule has 0 bridgehead atoms. The molecule has 13 heteroatoms. The van der Waals surface area contributed by atoms with E-state index >= 15 is 0 Å².